The first-order chi connectivity index (χ1) is 10.1. The summed E-state index contributed by atoms with van der Waals surface area (Å²) in [5.41, 5.74) is 5.77. The molecule has 0 atom stereocenters. The van der Waals surface area contributed by atoms with Crippen molar-refractivity contribution in [2.45, 2.75) is 0 Å². The smallest absolute Gasteiger partial charge is 0.361 e. The van der Waals surface area contributed by atoms with Gasteiger partial charge in [-0.25, -0.2) is 14.8 Å². The number of carbonyl (C=O) groups excluding carboxylic acids is 2. The van der Waals surface area contributed by atoms with Crippen molar-refractivity contribution in [3.63, 3.8) is 0 Å². The Morgan fingerprint density at radius 3 is 2.67 bits per heavy atom. The Hall–Kier alpha value is -2.67. The lowest BCUT2D eigenvalue weighted by Gasteiger charge is -2.08. The molecule has 1 aromatic carbocycles. The molecule has 2 rings (SSSR count). The first kappa shape index (κ1) is 14.7. The van der Waals surface area contributed by atoms with Crippen molar-refractivity contribution >= 4 is 35.0 Å². The molecule has 0 aliphatic heterocycles. The van der Waals surface area contributed by atoms with E-state index in [0.717, 1.165) is 0 Å². The van der Waals surface area contributed by atoms with E-state index in [1.165, 1.54) is 12.4 Å². The number of nitrogens with two attached hydrogens (primary N) is 1. The van der Waals surface area contributed by atoms with Crippen LogP contribution in [0.25, 0.3) is 0 Å². The third-order valence-corrected chi connectivity index (χ3v) is 2.73. The molecule has 8 heteroatoms. The Labute approximate surface area is 125 Å². The lowest BCUT2D eigenvalue weighted by Crippen LogP contribution is -2.22. The lowest BCUT2D eigenvalue weighted by atomic mass is 10.3. The number of hydrogen-bond acceptors (Lipinski definition) is 6. The van der Waals surface area contributed by atoms with Crippen molar-refractivity contribution in [1.29, 1.82) is 0 Å². The summed E-state index contributed by atoms with van der Waals surface area (Å²) >= 11 is 5.89. The Morgan fingerprint density at radius 1 is 1.24 bits per heavy atom. The molecular formula is C13H11ClN4O3. The van der Waals surface area contributed by atoms with E-state index in [1.54, 1.807) is 24.3 Å². The Morgan fingerprint density at radius 2 is 1.95 bits per heavy atom. The summed E-state index contributed by atoms with van der Waals surface area (Å²) in [7, 11) is 0. The van der Waals surface area contributed by atoms with Crippen LogP contribution >= 0.6 is 11.6 Å². The minimum absolute atomic E-state index is 0.0611. The number of halogens is 1. The van der Waals surface area contributed by atoms with Gasteiger partial charge in [0, 0.05) is 12.4 Å². The van der Waals surface area contributed by atoms with E-state index < -0.39 is 18.5 Å². The van der Waals surface area contributed by atoms with Crippen molar-refractivity contribution in [1.82, 2.24) is 9.97 Å². The van der Waals surface area contributed by atoms with Gasteiger partial charge in [-0.1, -0.05) is 23.7 Å². The zero-order valence-corrected chi connectivity index (χ0v) is 11.5. The topological polar surface area (TPSA) is 107 Å². The van der Waals surface area contributed by atoms with Crippen LogP contribution in [0.1, 0.15) is 10.5 Å². The molecule has 108 valence electrons. The molecule has 0 radical (unpaired) electrons. The van der Waals surface area contributed by atoms with E-state index in [9.17, 15) is 9.59 Å². The van der Waals surface area contributed by atoms with Gasteiger partial charge >= 0.3 is 5.97 Å². The lowest BCUT2D eigenvalue weighted by molar-refractivity contribution is -0.119. The molecule has 0 saturated carbocycles. The van der Waals surface area contributed by atoms with Gasteiger partial charge in [-0.3, -0.25) is 4.79 Å². The second-order valence-electron chi connectivity index (χ2n) is 3.89. The monoisotopic (exact) mass is 306 g/mol. The fourth-order valence-corrected chi connectivity index (χ4v) is 1.64. The summed E-state index contributed by atoms with van der Waals surface area (Å²) in [5.74, 6) is -1.41. The maximum Gasteiger partial charge on any atom is 0.361 e. The maximum absolute atomic E-state index is 11.7. The van der Waals surface area contributed by atoms with Crippen LogP contribution in [0.15, 0.2) is 36.7 Å². The molecule has 0 fully saturated rings. The molecule has 1 amide bonds. The standard InChI is InChI=1S/C13H11ClN4O3/c14-8-3-1-2-4-9(8)18-10(19)7-21-13(20)11-12(15)17-6-5-16-11/h1-6H,7H2,(H2,15,17)(H,18,19). The number of carbonyl (C=O) groups is 2. The van der Waals surface area contributed by atoms with Crippen molar-refractivity contribution in [3.8, 4) is 0 Å². The van der Waals surface area contributed by atoms with E-state index in [1.807, 2.05) is 0 Å². The largest absolute Gasteiger partial charge is 0.451 e. The van der Waals surface area contributed by atoms with Crippen LogP contribution in [0.3, 0.4) is 0 Å². The Bertz CT molecular complexity index is 678. The number of nitrogen functional groups attached to an aromatic ring is 1. The summed E-state index contributed by atoms with van der Waals surface area (Å²) in [6, 6.07) is 6.70. The van der Waals surface area contributed by atoms with Crippen LogP contribution in [0.5, 0.6) is 0 Å². The quantitative estimate of drug-likeness (QED) is 0.829. The number of nitrogens with zero attached hydrogens (tertiary/aromatic N) is 2. The second-order valence-corrected chi connectivity index (χ2v) is 4.30. The molecular weight excluding hydrogens is 296 g/mol. The van der Waals surface area contributed by atoms with Crippen LogP contribution in [0.4, 0.5) is 11.5 Å². The number of esters is 1. The third-order valence-electron chi connectivity index (χ3n) is 2.40. The summed E-state index contributed by atoms with van der Waals surface area (Å²) in [6.45, 7) is -0.486. The highest BCUT2D eigenvalue weighted by molar-refractivity contribution is 6.33. The Balaban J connectivity index is 1.91. The molecule has 7 nitrogen and oxygen atoms in total. The van der Waals surface area contributed by atoms with Gasteiger partial charge in [0.05, 0.1) is 10.7 Å². The highest BCUT2D eigenvalue weighted by Crippen LogP contribution is 2.20. The van der Waals surface area contributed by atoms with Crippen LogP contribution in [0, 0.1) is 0 Å². The molecule has 0 saturated heterocycles. The highest BCUT2D eigenvalue weighted by Gasteiger charge is 2.15. The van der Waals surface area contributed by atoms with Crippen LogP contribution in [-0.2, 0) is 9.53 Å². The van der Waals surface area contributed by atoms with Gasteiger partial charge in [0.15, 0.2) is 18.1 Å². The molecule has 3 N–H and O–H groups in total. The summed E-state index contributed by atoms with van der Waals surface area (Å²) < 4.78 is 4.81. The number of benzene rings is 1. The summed E-state index contributed by atoms with van der Waals surface area (Å²) in [6.07, 6.45) is 2.65. The minimum Gasteiger partial charge on any atom is -0.451 e. The zero-order chi connectivity index (χ0) is 15.2. The second kappa shape index (κ2) is 6.67. The number of amides is 1. The van der Waals surface area contributed by atoms with Gasteiger partial charge in [0.25, 0.3) is 5.91 Å². The third kappa shape index (κ3) is 3.90. The Kier molecular flexibility index (Phi) is 4.68. The number of rotatable bonds is 4. The number of para-hydroxylation sites is 1. The first-order valence-corrected chi connectivity index (χ1v) is 6.23. The van der Waals surface area contributed by atoms with Crippen LogP contribution < -0.4 is 11.1 Å². The molecule has 2 aromatic rings. The average Bonchev–Trinajstić information content (AvgIpc) is 2.48. The zero-order valence-electron chi connectivity index (χ0n) is 10.7. The van der Waals surface area contributed by atoms with Crippen molar-refractivity contribution < 1.29 is 14.3 Å². The van der Waals surface area contributed by atoms with E-state index in [0.29, 0.717) is 10.7 Å². The van der Waals surface area contributed by atoms with E-state index in [2.05, 4.69) is 15.3 Å². The van der Waals surface area contributed by atoms with Gasteiger partial charge in [-0.2, -0.15) is 0 Å². The van der Waals surface area contributed by atoms with Gasteiger partial charge in [0.1, 0.15) is 0 Å². The molecule has 0 unspecified atom stereocenters. The maximum atomic E-state index is 11.7. The van der Waals surface area contributed by atoms with Crippen LogP contribution in [0.2, 0.25) is 5.02 Å². The number of anilines is 2. The number of aromatic nitrogens is 2. The van der Waals surface area contributed by atoms with E-state index >= 15 is 0 Å². The van der Waals surface area contributed by atoms with Crippen molar-refractivity contribution in [2.75, 3.05) is 17.7 Å². The first-order valence-electron chi connectivity index (χ1n) is 5.86. The van der Waals surface area contributed by atoms with Crippen molar-refractivity contribution in [3.05, 3.63) is 47.4 Å². The van der Waals surface area contributed by atoms with E-state index in [4.69, 9.17) is 22.1 Å². The molecule has 0 spiro atoms. The fraction of sp³-hybridized carbons (Fsp3) is 0.0769. The molecule has 0 bridgehead atoms. The molecule has 1 heterocycles. The van der Waals surface area contributed by atoms with E-state index in [-0.39, 0.29) is 11.5 Å². The number of hydrogen-bond donors (Lipinski definition) is 2. The molecule has 0 aliphatic rings. The summed E-state index contributed by atoms with van der Waals surface area (Å²) in [5, 5.41) is 2.90. The van der Waals surface area contributed by atoms with Gasteiger partial charge in [-0.15, -0.1) is 0 Å². The van der Waals surface area contributed by atoms with Gasteiger partial charge < -0.3 is 15.8 Å². The van der Waals surface area contributed by atoms with Crippen molar-refractivity contribution in [2.24, 2.45) is 0 Å². The SMILES string of the molecule is Nc1nccnc1C(=O)OCC(=O)Nc1ccccc1Cl. The molecule has 21 heavy (non-hydrogen) atoms. The minimum atomic E-state index is -0.824. The van der Waals surface area contributed by atoms with Gasteiger partial charge in [0.2, 0.25) is 0 Å². The molecule has 0 aliphatic carbocycles. The van der Waals surface area contributed by atoms with Crippen LogP contribution in [-0.4, -0.2) is 28.5 Å². The number of ether oxygens (including phenoxy) is 1. The predicted molar refractivity (Wildman–Crippen MR) is 76.8 cm³/mol. The fourth-order valence-electron chi connectivity index (χ4n) is 1.45. The normalized spacial score (nSPS) is 9.95. The molecule has 1 aromatic heterocycles. The summed E-state index contributed by atoms with van der Waals surface area (Å²) in [4.78, 5) is 30.8. The number of nitrogens with one attached hydrogen (secondary N) is 1. The van der Waals surface area contributed by atoms with Gasteiger partial charge in [-0.05, 0) is 12.1 Å². The predicted octanol–water partition coefficient (Wildman–Crippen LogP) is 1.51. The highest BCUT2D eigenvalue weighted by atomic mass is 35.5. The average molecular weight is 307 g/mol.